The van der Waals surface area contributed by atoms with Crippen molar-refractivity contribution in [3.05, 3.63) is 23.3 Å². The van der Waals surface area contributed by atoms with Gasteiger partial charge in [0.1, 0.15) is 5.75 Å². The SMILES string of the molecule is COCCCCN1C(=O)C(C)(CO)Oc2cc(C)c(C(=O)N(C(C)C)[C@@H]3CCCN(C(=O)O)C3C(C)(C)C)cc21. The number of unbranched alkanes of at least 4 members (excludes halogenated alkanes) is 1. The number of carboxylic acid groups (broad SMARTS) is 1. The van der Waals surface area contributed by atoms with Gasteiger partial charge in [-0.1, -0.05) is 20.8 Å². The molecule has 2 aliphatic heterocycles. The molecule has 3 rings (SSSR count). The summed E-state index contributed by atoms with van der Waals surface area (Å²) in [7, 11) is 1.63. The molecule has 10 heteroatoms. The molecule has 1 saturated heterocycles. The quantitative estimate of drug-likeness (QED) is 0.431. The van der Waals surface area contributed by atoms with Crippen molar-refractivity contribution < 1.29 is 34.1 Å². The minimum atomic E-state index is -1.42. The number of rotatable bonds is 9. The van der Waals surface area contributed by atoms with E-state index in [-0.39, 0.29) is 29.9 Å². The predicted octanol–water partition coefficient (Wildman–Crippen LogP) is 4.31. The van der Waals surface area contributed by atoms with Gasteiger partial charge in [0, 0.05) is 38.4 Å². The zero-order valence-electron chi connectivity index (χ0n) is 25.3. The average Bonchev–Trinajstić information content (AvgIpc) is 2.87. The van der Waals surface area contributed by atoms with E-state index in [2.05, 4.69) is 0 Å². The number of anilines is 1. The average molecular weight is 562 g/mol. The first kappa shape index (κ1) is 31.7. The smallest absolute Gasteiger partial charge is 0.407 e. The molecule has 0 bridgehead atoms. The van der Waals surface area contributed by atoms with Crippen LogP contribution in [0.1, 0.15) is 83.1 Å². The molecule has 2 N–H and O–H groups in total. The maximum absolute atomic E-state index is 14.4. The molecule has 2 unspecified atom stereocenters. The normalized spacial score (nSPS) is 23.2. The second-order valence-electron chi connectivity index (χ2n) is 12.6. The van der Waals surface area contributed by atoms with E-state index in [0.29, 0.717) is 61.5 Å². The molecule has 224 valence electrons. The third-order valence-electron chi connectivity index (χ3n) is 8.02. The van der Waals surface area contributed by atoms with E-state index in [0.717, 1.165) is 6.42 Å². The summed E-state index contributed by atoms with van der Waals surface area (Å²) in [4.78, 5) is 45.0. The lowest BCUT2D eigenvalue weighted by molar-refractivity contribution is -0.137. The third kappa shape index (κ3) is 6.22. The zero-order valence-corrected chi connectivity index (χ0v) is 25.3. The fourth-order valence-corrected chi connectivity index (χ4v) is 6.15. The van der Waals surface area contributed by atoms with E-state index in [9.17, 15) is 24.6 Å². The summed E-state index contributed by atoms with van der Waals surface area (Å²) in [6, 6.07) is 2.60. The van der Waals surface area contributed by atoms with E-state index in [4.69, 9.17) is 9.47 Å². The molecule has 0 saturated carbocycles. The largest absolute Gasteiger partial charge is 0.473 e. The van der Waals surface area contributed by atoms with Crippen LogP contribution in [0.2, 0.25) is 0 Å². The standard InChI is InChI=1S/C30H47N3O7/c1-19(2)33(22-12-11-14-32(28(37)38)25(22)29(4,5)6)26(35)21-17-23-24(16-20(21)3)40-30(7,18-34)27(36)31(23)13-9-10-15-39-8/h16-17,19,22,25,34H,9-15,18H2,1-8H3,(H,37,38)/t22-,25?,30?/m1/s1. The van der Waals surface area contributed by atoms with Gasteiger partial charge in [0.05, 0.1) is 24.4 Å². The van der Waals surface area contributed by atoms with Crippen LogP contribution in [0, 0.1) is 12.3 Å². The molecular weight excluding hydrogens is 514 g/mol. The molecule has 1 fully saturated rings. The van der Waals surface area contributed by atoms with Gasteiger partial charge >= 0.3 is 6.09 Å². The summed E-state index contributed by atoms with van der Waals surface area (Å²) in [5.41, 5.74) is -0.192. The van der Waals surface area contributed by atoms with Gasteiger partial charge in [0.25, 0.3) is 11.8 Å². The molecule has 2 aliphatic rings. The van der Waals surface area contributed by atoms with E-state index >= 15 is 0 Å². The first-order chi connectivity index (χ1) is 18.7. The van der Waals surface area contributed by atoms with Crippen molar-refractivity contribution in [3.63, 3.8) is 0 Å². The first-order valence-electron chi connectivity index (χ1n) is 14.3. The Morgan fingerprint density at radius 3 is 2.48 bits per heavy atom. The number of aliphatic hydroxyl groups excluding tert-OH is 1. The van der Waals surface area contributed by atoms with Crippen molar-refractivity contribution in [2.75, 3.05) is 38.3 Å². The number of aliphatic hydroxyl groups is 1. The lowest BCUT2D eigenvalue weighted by Crippen LogP contribution is -2.63. The third-order valence-corrected chi connectivity index (χ3v) is 8.02. The number of carbonyl (C=O) groups is 3. The number of ether oxygens (including phenoxy) is 2. The number of piperidine rings is 1. The predicted molar refractivity (Wildman–Crippen MR) is 153 cm³/mol. The molecule has 3 atom stereocenters. The van der Waals surface area contributed by atoms with E-state index in [1.54, 1.807) is 31.1 Å². The van der Waals surface area contributed by atoms with Crippen molar-refractivity contribution in [1.29, 1.82) is 0 Å². The van der Waals surface area contributed by atoms with Crippen LogP contribution >= 0.6 is 0 Å². The maximum atomic E-state index is 14.4. The highest BCUT2D eigenvalue weighted by molar-refractivity contribution is 6.05. The van der Waals surface area contributed by atoms with Gasteiger partial charge in [-0.15, -0.1) is 0 Å². The van der Waals surface area contributed by atoms with Crippen molar-refractivity contribution in [2.45, 2.75) is 97.9 Å². The fraction of sp³-hybridized carbons (Fsp3) is 0.700. The minimum Gasteiger partial charge on any atom is -0.473 e. The Kier molecular flexibility index (Phi) is 9.78. The topological polar surface area (TPSA) is 120 Å². The number of amides is 3. The summed E-state index contributed by atoms with van der Waals surface area (Å²) in [5.74, 6) is -0.126. The van der Waals surface area contributed by atoms with Gasteiger partial charge in [-0.2, -0.15) is 0 Å². The second-order valence-corrected chi connectivity index (χ2v) is 12.6. The molecule has 10 nitrogen and oxygen atoms in total. The number of nitrogens with zero attached hydrogens (tertiary/aromatic N) is 3. The summed E-state index contributed by atoms with van der Waals surface area (Å²) >= 11 is 0. The highest BCUT2D eigenvalue weighted by atomic mass is 16.5. The van der Waals surface area contributed by atoms with Gasteiger partial charge in [0.15, 0.2) is 0 Å². The zero-order chi connectivity index (χ0) is 30.0. The molecule has 3 amide bonds. The lowest BCUT2D eigenvalue weighted by atomic mass is 9.76. The number of hydrogen-bond acceptors (Lipinski definition) is 6. The highest BCUT2D eigenvalue weighted by Gasteiger charge is 2.47. The molecule has 40 heavy (non-hydrogen) atoms. The second kappa shape index (κ2) is 12.3. The molecule has 0 radical (unpaired) electrons. The fourth-order valence-electron chi connectivity index (χ4n) is 6.15. The number of fused-ring (bicyclic) bond motifs is 1. The Bertz CT molecular complexity index is 1100. The van der Waals surface area contributed by atoms with E-state index in [1.165, 1.54) is 4.90 Å². The summed E-state index contributed by atoms with van der Waals surface area (Å²) in [6.07, 6.45) is 1.82. The lowest BCUT2D eigenvalue weighted by Gasteiger charge is -2.51. The molecule has 1 aromatic rings. The van der Waals surface area contributed by atoms with E-state index < -0.39 is 23.7 Å². The number of benzene rings is 1. The van der Waals surface area contributed by atoms with Crippen LogP contribution < -0.4 is 9.64 Å². The Hall–Kier alpha value is -2.85. The minimum absolute atomic E-state index is 0.188. The molecular formula is C30H47N3O7. The summed E-state index contributed by atoms with van der Waals surface area (Å²) < 4.78 is 11.2. The van der Waals surface area contributed by atoms with Crippen LogP contribution in [-0.4, -0.2) is 95.1 Å². The molecule has 0 aliphatic carbocycles. The van der Waals surface area contributed by atoms with Gasteiger partial charge in [-0.3, -0.25) is 9.59 Å². The van der Waals surface area contributed by atoms with Crippen LogP contribution in [0.5, 0.6) is 5.75 Å². The summed E-state index contributed by atoms with van der Waals surface area (Å²) in [5, 5.41) is 20.0. The molecule has 1 aromatic carbocycles. The number of carbonyl (C=O) groups excluding carboxylic acids is 2. The Morgan fingerprint density at radius 1 is 1.25 bits per heavy atom. The van der Waals surface area contributed by atoms with Crippen LogP contribution in [-0.2, 0) is 9.53 Å². The Balaban J connectivity index is 2.07. The maximum Gasteiger partial charge on any atom is 0.407 e. The van der Waals surface area contributed by atoms with Crippen LogP contribution in [0.15, 0.2) is 12.1 Å². The van der Waals surface area contributed by atoms with Crippen LogP contribution in [0.3, 0.4) is 0 Å². The number of aryl methyl sites for hydroxylation is 1. The van der Waals surface area contributed by atoms with Crippen LogP contribution in [0.25, 0.3) is 0 Å². The van der Waals surface area contributed by atoms with Crippen molar-refractivity contribution >= 4 is 23.6 Å². The highest BCUT2D eigenvalue weighted by Crippen LogP contribution is 2.41. The monoisotopic (exact) mass is 561 g/mol. The summed E-state index contributed by atoms with van der Waals surface area (Å²) in [6.45, 7) is 14.3. The van der Waals surface area contributed by atoms with Crippen molar-refractivity contribution in [2.24, 2.45) is 5.41 Å². The van der Waals surface area contributed by atoms with Crippen LogP contribution in [0.4, 0.5) is 10.5 Å². The molecule has 0 aromatic heterocycles. The van der Waals surface area contributed by atoms with Gasteiger partial charge < -0.3 is 34.4 Å². The number of hydrogen-bond donors (Lipinski definition) is 2. The van der Waals surface area contributed by atoms with Crippen molar-refractivity contribution in [3.8, 4) is 5.75 Å². The van der Waals surface area contributed by atoms with Gasteiger partial charge in [-0.05, 0) is 76.5 Å². The Labute approximate surface area is 238 Å². The van der Waals surface area contributed by atoms with Gasteiger partial charge in [0.2, 0.25) is 5.60 Å². The number of likely N-dealkylation sites (tertiary alicyclic amines) is 1. The molecule has 2 heterocycles. The number of methoxy groups -OCH3 is 1. The first-order valence-corrected chi connectivity index (χ1v) is 14.3. The van der Waals surface area contributed by atoms with E-state index in [1.807, 2.05) is 46.4 Å². The molecule has 0 spiro atoms. The van der Waals surface area contributed by atoms with Crippen molar-refractivity contribution in [1.82, 2.24) is 9.80 Å². The Morgan fingerprint density at radius 2 is 1.93 bits per heavy atom. The van der Waals surface area contributed by atoms with Gasteiger partial charge in [-0.25, -0.2) is 4.79 Å².